The van der Waals surface area contributed by atoms with Crippen LogP contribution in [-0.2, 0) is 4.79 Å². The fourth-order valence-corrected chi connectivity index (χ4v) is 2.34. The topological polar surface area (TPSA) is 73.9 Å². The number of halogens is 1. The Morgan fingerprint density at radius 2 is 2.14 bits per heavy atom. The number of carbonyl (C=O) groups is 2. The number of amides is 3. The molecule has 21 heavy (non-hydrogen) atoms. The van der Waals surface area contributed by atoms with Gasteiger partial charge in [-0.3, -0.25) is 9.69 Å². The second-order valence-corrected chi connectivity index (χ2v) is 5.15. The number of urea groups is 1. The van der Waals surface area contributed by atoms with E-state index in [0.29, 0.717) is 16.5 Å². The summed E-state index contributed by atoms with van der Waals surface area (Å²) in [6, 6.07) is 4.51. The zero-order chi connectivity index (χ0) is 15.6. The summed E-state index contributed by atoms with van der Waals surface area (Å²) in [7, 11) is 4.92. The summed E-state index contributed by atoms with van der Waals surface area (Å²) in [4.78, 5) is 26.7. The van der Waals surface area contributed by atoms with E-state index in [1.54, 1.807) is 37.2 Å². The molecule has 1 aromatic rings. The van der Waals surface area contributed by atoms with Crippen molar-refractivity contribution in [2.45, 2.75) is 6.29 Å². The molecular formula is C13H17ClN4O3. The van der Waals surface area contributed by atoms with Gasteiger partial charge >= 0.3 is 6.03 Å². The summed E-state index contributed by atoms with van der Waals surface area (Å²) in [5.74, 6) is 0.485. The normalized spacial score (nSPS) is 18.8. The van der Waals surface area contributed by atoms with Gasteiger partial charge in [0.25, 0.3) is 0 Å². The van der Waals surface area contributed by atoms with Gasteiger partial charge in [0.1, 0.15) is 5.75 Å². The van der Waals surface area contributed by atoms with Crippen LogP contribution in [-0.4, -0.2) is 55.8 Å². The molecule has 1 aliphatic heterocycles. The number of carbonyl (C=O) groups excluding carboxylic acids is 2. The Kier molecular flexibility index (Phi) is 4.54. The molecule has 1 unspecified atom stereocenters. The van der Waals surface area contributed by atoms with Crippen LogP contribution in [0.3, 0.4) is 0 Å². The van der Waals surface area contributed by atoms with Gasteiger partial charge in [-0.1, -0.05) is 11.6 Å². The Bertz CT molecular complexity index is 566. The molecule has 1 saturated heterocycles. The maximum Gasteiger partial charge on any atom is 0.321 e. The van der Waals surface area contributed by atoms with Gasteiger partial charge in [0, 0.05) is 12.7 Å². The van der Waals surface area contributed by atoms with Crippen LogP contribution < -0.4 is 15.4 Å². The lowest BCUT2D eigenvalue weighted by Gasteiger charge is -2.25. The van der Waals surface area contributed by atoms with Crippen LogP contribution in [0.1, 0.15) is 0 Å². The lowest BCUT2D eigenvalue weighted by atomic mass is 10.3. The Hall–Kier alpha value is -1.99. The molecule has 2 N–H and O–H groups in total. The molecule has 0 saturated carbocycles. The van der Waals surface area contributed by atoms with Crippen molar-refractivity contribution in [3.8, 4) is 5.75 Å². The van der Waals surface area contributed by atoms with Crippen molar-refractivity contribution in [3.05, 3.63) is 23.2 Å². The first-order valence-electron chi connectivity index (χ1n) is 6.29. The number of rotatable bonds is 3. The van der Waals surface area contributed by atoms with Crippen molar-refractivity contribution in [2.75, 3.05) is 33.1 Å². The molecule has 2 rings (SSSR count). The van der Waals surface area contributed by atoms with Gasteiger partial charge in [-0.2, -0.15) is 0 Å². The summed E-state index contributed by atoms with van der Waals surface area (Å²) in [5, 5.41) is 5.78. The van der Waals surface area contributed by atoms with E-state index < -0.39 is 12.3 Å². The standard InChI is InChI=1S/C13H17ClN4O3/c1-17-7-11(19)18(2)13(17)16-12(20)15-8-4-5-10(21-3)9(14)6-8/h4-6,13H,7H2,1-3H3,(H2,15,16,20). The number of likely N-dealkylation sites (N-methyl/N-ethyl adjacent to an activating group) is 2. The fraction of sp³-hybridized carbons (Fsp3) is 0.385. The third-order valence-corrected chi connectivity index (χ3v) is 3.53. The minimum Gasteiger partial charge on any atom is -0.495 e. The van der Waals surface area contributed by atoms with Gasteiger partial charge in [0.2, 0.25) is 5.91 Å². The van der Waals surface area contributed by atoms with Gasteiger partial charge < -0.3 is 20.3 Å². The first kappa shape index (κ1) is 15.4. The number of hydrogen-bond acceptors (Lipinski definition) is 4. The van der Waals surface area contributed by atoms with E-state index in [-0.39, 0.29) is 12.5 Å². The number of anilines is 1. The van der Waals surface area contributed by atoms with Crippen LogP contribution in [0.2, 0.25) is 5.02 Å². The molecule has 0 aliphatic carbocycles. The van der Waals surface area contributed by atoms with Crippen LogP contribution in [0.25, 0.3) is 0 Å². The second-order valence-electron chi connectivity index (χ2n) is 4.74. The van der Waals surface area contributed by atoms with E-state index >= 15 is 0 Å². The summed E-state index contributed by atoms with van der Waals surface area (Å²) in [6.45, 7) is 0.274. The molecule has 3 amide bonds. The highest BCUT2D eigenvalue weighted by atomic mass is 35.5. The fourth-order valence-electron chi connectivity index (χ4n) is 2.08. The van der Waals surface area contributed by atoms with Crippen LogP contribution in [0.5, 0.6) is 5.75 Å². The smallest absolute Gasteiger partial charge is 0.321 e. The number of ether oxygens (including phenoxy) is 1. The summed E-state index contributed by atoms with van der Waals surface area (Å²) >= 11 is 5.99. The largest absolute Gasteiger partial charge is 0.495 e. The monoisotopic (exact) mass is 312 g/mol. The number of methoxy groups -OCH3 is 1. The highest BCUT2D eigenvalue weighted by Crippen LogP contribution is 2.27. The van der Waals surface area contributed by atoms with Crippen molar-refractivity contribution >= 4 is 29.2 Å². The summed E-state index contributed by atoms with van der Waals surface area (Å²) < 4.78 is 5.04. The summed E-state index contributed by atoms with van der Waals surface area (Å²) in [6.07, 6.45) is -0.466. The van der Waals surface area contributed by atoms with Crippen LogP contribution in [0.15, 0.2) is 18.2 Å². The van der Waals surface area contributed by atoms with Crippen molar-refractivity contribution in [2.24, 2.45) is 0 Å². The number of nitrogens with zero attached hydrogens (tertiary/aromatic N) is 2. The highest BCUT2D eigenvalue weighted by Gasteiger charge is 2.33. The molecule has 0 bridgehead atoms. The highest BCUT2D eigenvalue weighted by molar-refractivity contribution is 6.32. The molecule has 1 aromatic carbocycles. The Balaban J connectivity index is 1.99. The molecule has 114 valence electrons. The quantitative estimate of drug-likeness (QED) is 0.878. The average molecular weight is 313 g/mol. The van der Waals surface area contributed by atoms with Gasteiger partial charge in [-0.25, -0.2) is 4.79 Å². The predicted molar refractivity (Wildman–Crippen MR) is 79.3 cm³/mol. The van der Waals surface area contributed by atoms with Crippen LogP contribution in [0, 0.1) is 0 Å². The third-order valence-electron chi connectivity index (χ3n) is 3.23. The molecular weight excluding hydrogens is 296 g/mol. The molecule has 1 atom stereocenters. The Morgan fingerprint density at radius 1 is 1.43 bits per heavy atom. The molecule has 0 spiro atoms. The molecule has 7 nitrogen and oxygen atoms in total. The van der Waals surface area contributed by atoms with Gasteiger partial charge in [-0.05, 0) is 25.2 Å². The molecule has 0 aromatic heterocycles. The zero-order valence-corrected chi connectivity index (χ0v) is 12.8. The molecule has 1 aliphatic rings. The van der Waals surface area contributed by atoms with E-state index in [2.05, 4.69) is 10.6 Å². The van der Waals surface area contributed by atoms with Crippen molar-refractivity contribution in [1.29, 1.82) is 0 Å². The third kappa shape index (κ3) is 3.37. The maximum atomic E-state index is 12.0. The lowest BCUT2D eigenvalue weighted by molar-refractivity contribution is -0.126. The Morgan fingerprint density at radius 3 is 2.67 bits per heavy atom. The number of nitrogens with one attached hydrogen (secondary N) is 2. The molecule has 1 heterocycles. The van der Waals surface area contributed by atoms with E-state index in [1.807, 2.05) is 0 Å². The van der Waals surface area contributed by atoms with Gasteiger partial charge in [0.15, 0.2) is 6.29 Å². The molecule has 8 heteroatoms. The van der Waals surface area contributed by atoms with E-state index in [0.717, 1.165) is 0 Å². The molecule has 1 fully saturated rings. The van der Waals surface area contributed by atoms with E-state index in [1.165, 1.54) is 12.0 Å². The van der Waals surface area contributed by atoms with Gasteiger partial charge in [0.05, 0.1) is 18.7 Å². The Labute approximate surface area is 127 Å². The van der Waals surface area contributed by atoms with Crippen LogP contribution in [0.4, 0.5) is 10.5 Å². The first-order valence-corrected chi connectivity index (χ1v) is 6.67. The number of hydrogen-bond donors (Lipinski definition) is 2. The minimum atomic E-state index is -0.466. The van der Waals surface area contributed by atoms with Gasteiger partial charge in [-0.15, -0.1) is 0 Å². The maximum absolute atomic E-state index is 12.0. The van der Waals surface area contributed by atoms with E-state index in [9.17, 15) is 9.59 Å². The number of benzene rings is 1. The minimum absolute atomic E-state index is 0.0460. The van der Waals surface area contributed by atoms with E-state index in [4.69, 9.17) is 16.3 Å². The van der Waals surface area contributed by atoms with Crippen molar-refractivity contribution < 1.29 is 14.3 Å². The zero-order valence-electron chi connectivity index (χ0n) is 12.0. The van der Waals surface area contributed by atoms with Crippen LogP contribution >= 0.6 is 11.6 Å². The lowest BCUT2D eigenvalue weighted by Crippen LogP contribution is -2.51. The molecule has 0 radical (unpaired) electrons. The average Bonchev–Trinajstić information content (AvgIpc) is 2.65. The first-order chi connectivity index (χ1) is 9.92. The summed E-state index contributed by atoms with van der Waals surface area (Å²) in [5.41, 5.74) is 0.535. The SMILES string of the molecule is COc1ccc(NC(=O)NC2N(C)CC(=O)N2C)cc1Cl. The van der Waals surface area contributed by atoms with Crippen molar-refractivity contribution in [1.82, 2.24) is 15.1 Å². The predicted octanol–water partition coefficient (Wildman–Crippen LogP) is 1.16. The van der Waals surface area contributed by atoms with Crippen molar-refractivity contribution in [3.63, 3.8) is 0 Å². The second kappa shape index (κ2) is 6.19.